The number of rotatable bonds is 5. The van der Waals surface area contributed by atoms with Gasteiger partial charge in [-0.05, 0) is 32.5 Å². The van der Waals surface area contributed by atoms with Crippen molar-refractivity contribution < 1.29 is 4.52 Å². The normalized spacial score (nSPS) is 20.5. The lowest BCUT2D eigenvalue weighted by Gasteiger charge is -2.13. The Hall–Kier alpha value is -0.650. The minimum absolute atomic E-state index is 0. The molecule has 1 saturated heterocycles. The van der Waals surface area contributed by atoms with Crippen molar-refractivity contribution in [2.45, 2.75) is 26.3 Å². The molecule has 98 valence electrons. The molecular weight excluding hydrogens is 240 g/mol. The monoisotopic (exact) mass is 260 g/mol. The molecule has 1 aromatic heterocycles. The molecule has 0 amide bonds. The van der Waals surface area contributed by atoms with Crippen LogP contribution in [-0.4, -0.2) is 41.7 Å². The van der Waals surface area contributed by atoms with Gasteiger partial charge < -0.3 is 9.84 Å². The summed E-state index contributed by atoms with van der Waals surface area (Å²) in [5, 5.41) is 7.21. The second-order valence-electron chi connectivity index (χ2n) is 4.41. The van der Waals surface area contributed by atoms with Gasteiger partial charge in [-0.2, -0.15) is 4.98 Å². The molecule has 1 unspecified atom stereocenters. The highest BCUT2D eigenvalue weighted by Gasteiger charge is 2.22. The maximum atomic E-state index is 5.10. The lowest BCUT2D eigenvalue weighted by Crippen LogP contribution is -2.24. The van der Waals surface area contributed by atoms with E-state index in [0.29, 0.717) is 0 Å². The third-order valence-corrected chi connectivity index (χ3v) is 3.04. The maximum absolute atomic E-state index is 5.10. The summed E-state index contributed by atoms with van der Waals surface area (Å²) in [5.41, 5.74) is 0. The van der Waals surface area contributed by atoms with Crippen LogP contribution < -0.4 is 5.32 Å². The number of nitrogens with one attached hydrogen (secondary N) is 1. The first-order valence-corrected chi connectivity index (χ1v) is 6.00. The summed E-state index contributed by atoms with van der Waals surface area (Å²) in [6.45, 7) is 6.22. The second kappa shape index (κ2) is 6.93. The number of aromatic nitrogens is 2. The number of aryl methyl sites for hydroxylation is 1. The van der Waals surface area contributed by atoms with Crippen molar-refractivity contribution in [3.63, 3.8) is 0 Å². The van der Waals surface area contributed by atoms with Gasteiger partial charge in [-0.1, -0.05) is 12.1 Å². The molecule has 0 radical (unpaired) electrons. The SMILES string of the molecule is CCc1nc(CN2CCC(CNC)C2)no1.Cl. The molecule has 1 aliphatic heterocycles. The van der Waals surface area contributed by atoms with Gasteiger partial charge in [0.15, 0.2) is 5.82 Å². The zero-order chi connectivity index (χ0) is 11.4. The number of hydrogen-bond donors (Lipinski definition) is 1. The van der Waals surface area contributed by atoms with Crippen LogP contribution in [0.15, 0.2) is 4.52 Å². The smallest absolute Gasteiger partial charge is 0.226 e. The standard InChI is InChI=1S/C11H20N4O.ClH/c1-3-11-13-10(14-16-11)8-15-5-4-9(7-15)6-12-2;/h9,12H,3-8H2,1-2H3;1H. The lowest BCUT2D eigenvalue weighted by atomic mass is 10.1. The first kappa shape index (κ1) is 14.4. The molecule has 0 saturated carbocycles. The third kappa shape index (κ3) is 3.94. The number of halogens is 1. The average Bonchev–Trinajstić information content (AvgIpc) is 2.89. The van der Waals surface area contributed by atoms with Crippen LogP contribution in [0.5, 0.6) is 0 Å². The lowest BCUT2D eigenvalue weighted by molar-refractivity contribution is 0.297. The van der Waals surface area contributed by atoms with E-state index >= 15 is 0 Å². The quantitative estimate of drug-likeness (QED) is 0.859. The number of likely N-dealkylation sites (tertiary alicyclic amines) is 1. The number of hydrogen-bond acceptors (Lipinski definition) is 5. The summed E-state index contributed by atoms with van der Waals surface area (Å²) in [6.07, 6.45) is 2.08. The summed E-state index contributed by atoms with van der Waals surface area (Å²) in [4.78, 5) is 6.72. The van der Waals surface area contributed by atoms with Crippen molar-refractivity contribution in [2.24, 2.45) is 5.92 Å². The van der Waals surface area contributed by atoms with Crippen molar-refractivity contribution in [2.75, 3.05) is 26.7 Å². The van der Waals surface area contributed by atoms with E-state index in [2.05, 4.69) is 20.4 Å². The van der Waals surface area contributed by atoms with Crippen molar-refractivity contribution in [1.82, 2.24) is 20.4 Å². The molecule has 1 atom stereocenters. The molecule has 6 heteroatoms. The Morgan fingerprint density at radius 1 is 1.53 bits per heavy atom. The van der Waals surface area contributed by atoms with Crippen molar-refractivity contribution in [3.05, 3.63) is 11.7 Å². The van der Waals surface area contributed by atoms with Gasteiger partial charge in [-0.15, -0.1) is 12.4 Å². The molecule has 0 aliphatic carbocycles. The Bertz CT molecular complexity index is 331. The zero-order valence-corrected chi connectivity index (χ0v) is 11.3. The summed E-state index contributed by atoms with van der Waals surface area (Å²) < 4.78 is 5.10. The van der Waals surface area contributed by atoms with Crippen LogP contribution in [0.2, 0.25) is 0 Å². The minimum atomic E-state index is 0. The minimum Gasteiger partial charge on any atom is -0.339 e. The zero-order valence-electron chi connectivity index (χ0n) is 10.5. The Morgan fingerprint density at radius 2 is 2.35 bits per heavy atom. The van der Waals surface area contributed by atoms with Gasteiger partial charge in [-0.25, -0.2) is 0 Å². The molecule has 17 heavy (non-hydrogen) atoms. The first-order valence-electron chi connectivity index (χ1n) is 6.00. The van der Waals surface area contributed by atoms with Crippen LogP contribution in [0.1, 0.15) is 25.1 Å². The average molecular weight is 261 g/mol. The van der Waals surface area contributed by atoms with Crippen LogP contribution >= 0.6 is 12.4 Å². The number of nitrogens with zero attached hydrogens (tertiary/aromatic N) is 3. The van der Waals surface area contributed by atoms with E-state index in [1.165, 1.54) is 6.42 Å². The van der Waals surface area contributed by atoms with Gasteiger partial charge >= 0.3 is 0 Å². The molecule has 1 aliphatic rings. The Balaban J connectivity index is 0.00000144. The summed E-state index contributed by atoms with van der Waals surface area (Å²) >= 11 is 0. The fourth-order valence-electron chi connectivity index (χ4n) is 2.21. The van der Waals surface area contributed by atoms with Gasteiger partial charge in [0.1, 0.15) is 0 Å². The highest BCUT2D eigenvalue weighted by Crippen LogP contribution is 2.17. The van der Waals surface area contributed by atoms with Crippen LogP contribution in [0.25, 0.3) is 0 Å². The van der Waals surface area contributed by atoms with Gasteiger partial charge in [0.25, 0.3) is 0 Å². The molecule has 2 heterocycles. The maximum Gasteiger partial charge on any atom is 0.226 e. The Kier molecular flexibility index (Phi) is 5.88. The van der Waals surface area contributed by atoms with Gasteiger partial charge in [0.05, 0.1) is 6.54 Å². The van der Waals surface area contributed by atoms with Crippen molar-refractivity contribution in [1.29, 1.82) is 0 Å². The summed E-state index contributed by atoms with van der Waals surface area (Å²) in [5.74, 6) is 2.32. The molecule has 2 rings (SSSR count). The van der Waals surface area contributed by atoms with Crippen molar-refractivity contribution in [3.8, 4) is 0 Å². The first-order chi connectivity index (χ1) is 7.81. The molecule has 1 aromatic rings. The molecule has 1 N–H and O–H groups in total. The molecule has 0 bridgehead atoms. The second-order valence-corrected chi connectivity index (χ2v) is 4.41. The van der Waals surface area contributed by atoms with E-state index in [1.807, 2.05) is 14.0 Å². The summed E-state index contributed by atoms with van der Waals surface area (Å²) in [7, 11) is 2.01. The van der Waals surface area contributed by atoms with Crippen molar-refractivity contribution >= 4 is 12.4 Å². The van der Waals surface area contributed by atoms with E-state index < -0.39 is 0 Å². The van der Waals surface area contributed by atoms with E-state index in [0.717, 1.165) is 50.2 Å². The molecular formula is C11H21ClN4O. The van der Waals surface area contributed by atoms with Gasteiger partial charge in [0, 0.05) is 13.0 Å². The highest BCUT2D eigenvalue weighted by molar-refractivity contribution is 5.85. The third-order valence-electron chi connectivity index (χ3n) is 3.04. The van der Waals surface area contributed by atoms with Gasteiger partial charge in [-0.3, -0.25) is 4.90 Å². The topological polar surface area (TPSA) is 54.2 Å². The van der Waals surface area contributed by atoms with E-state index in [4.69, 9.17) is 4.52 Å². The van der Waals surface area contributed by atoms with Gasteiger partial charge in [0.2, 0.25) is 5.89 Å². The highest BCUT2D eigenvalue weighted by atomic mass is 35.5. The van der Waals surface area contributed by atoms with Crippen LogP contribution in [0.3, 0.4) is 0 Å². The van der Waals surface area contributed by atoms with Crippen LogP contribution in [-0.2, 0) is 13.0 Å². The van der Waals surface area contributed by atoms with E-state index in [1.54, 1.807) is 0 Å². The molecule has 0 aromatic carbocycles. The Labute approximate surface area is 108 Å². The fourth-order valence-corrected chi connectivity index (χ4v) is 2.21. The van der Waals surface area contributed by atoms with E-state index in [9.17, 15) is 0 Å². The summed E-state index contributed by atoms with van der Waals surface area (Å²) in [6, 6.07) is 0. The molecule has 1 fully saturated rings. The Morgan fingerprint density at radius 3 is 3.00 bits per heavy atom. The fraction of sp³-hybridized carbons (Fsp3) is 0.818. The molecule has 0 spiro atoms. The van der Waals surface area contributed by atoms with Crippen LogP contribution in [0, 0.1) is 5.92 Å². The molecule has 5 nitrogen and oxygen atoms in total. The predicted molar refractivity (Wildman–Crippen MR) is 68.2 cm³/mol. The van der Waals surface area contributed by atoms with E-state index in [-0.39, 0.29) is 12.4 Å². The largest absolute Gasteiger partial charge is 0.339 e. The van der Waals surface area contributed by atoms with Crippen LogP contribution in [0.4, 0.5) is 0 Å². The predicted octanol–water partition coefficient (Wildman–Crippen LogP) is 1.10.